The fourth-order valence-electron chi connectivity index (χ4n) is 2.95. The van der Waals surface area contributed by atoms with Crippen LogP contribution >= 0.6 is 0 Å². The summed E-state index contributed by atoms with van der Waals surface area (Å²) < 4.78 is 4.90. The Morgan fingerprint density at radius 1 is 1.53 bits per heavy atom. The van der Waals surface area contributed by atoms with E-state index in [1.54, 1.807) is 7.11 Å². The van der Waals surface area contributed by atoms with Crippen LogP contribution in [-0.4, -0.2) is 62.1 Å². The van der Waals surface area contributed by atoms with Crippen LogP contribution in [0.15, 0.2) is 0 Å². The number of nitrogens with one attached hydrogen (secondary N) is 2. The maximum absolute atomic E-state index is 11.8. The summed E-state index contributed by atoms with van der Waals surface area (Å²) in [6.45, 7) is 2.38. The smallest absolute Gasteiger partial charge is 0.234 e. The highest BCUT2D eigenvalue weighted by atomic mass is 16.5. The van der Waals surface area contributed by atoms with E-state index in [-0.39, 0.29) is 17.9 Å². The molecule has 0 saturated carbocycles. The zero-order valence-corrected chi connectivity index (χ0v) is 11.5. The minimum atomic E-state index is 0.0354. The lowest BCUT2D eigenvalue weighted by Gasteiger charge is -2.26. The second kappa shape index (κ2) is 6.86. The van der Waals surface area contributed by atoms with Gasteiger partial charge in [0.15, 0.2) is 0 Å². The molecule has 0 aromatic heterocycles. The van der Waals surface area contributed by atoms with Crippen LogP contribution < -0.4 is 10.6 Å². The zero-order valence-electron chi connectivity index (χ0n) is 11.5. The van der Waals surface area contributed by atoms with Gasteiger partial charge in [-0.25, -0.2) is 0 Å². The van der Waals surface area contributed by atoms with Crippen LogP contribution in [0.4, 0.5) is 0 Å². The molecule has 0 radical (unpaired) electrons. The van der Waals surface area contributed by atoms with Crippen molar-refractivity contribution >= 4 is 11.8 Å². The largest absolute Gasteiger partial charge is 0.383 e. The fourth-order valence-corrected chi connectivity index (χ4v) is 2.95. The van der Waals surface area contributed by atoms with Crippen molar-refractivity contribution in [2.24, 2.45) is 0 Å². The van der Waals surface area contributed by atoms with Gasteiger partial charge in [0.1, 0.15) is 0 Å². The number of fused-ring (bicyclic) bond motifs is 1. The molecule has 2 saturated heterocycles. The van der Waals surface area contributed by atoms with Crippen molar-refractivity contribution in [3.63, 3.8) is 0 Å². The number of nitrogens with zero attached hydrogens (tertiary/aromatic N) is 1. The molecule has 2 heterocycles. The highest BCUT2D eigenvalue weighted by Crippen LogP contribution is 2.24. The van der Waals surface area contributed by atoms with Crippen LogP contribution in [0.25, 0.3) is 0 Å². The summed E-state index contributed by atoms with van der Waals surface area (Å²) in [5, 5.41) is 5.90. The van der Waals surface area contributed by atoms with Crippen LogP contribution in [0.2, 0.25) is 0 Å². The Morgan fingerprint density at radius 2 is 2.37 bits per heavy atom. The summed E-state index contributed by atoms with van der Waals surface area (Å²) in [6, 6.07) is 0.543. The second-order valence-corrected chi connectivity index (χ2v) is 5.24. The first-order valence-electron chi connectivity index (χ1n) is 6.99. The molecule has 0 bridgehead atoms. The molecule has 0 spiro atoms. The fraction of sp³-hybridized carbons (Fsp3) is 0.846. The second-order valence-electron chi connectivity index (χ2n) is 5.24. The molecule has 19 heavy (non-hydrogen) atoms. The molecule has 2 amide bonds. The molecule has 108 valence electrons. The molecule has 2 fully saturated rings. The van der Waals surface area contributed by atoms with Gasteiger partial charge in [-0.1, -0.05) is 0 Å². The first-order chi connectivity index (χ1) is 9.20. The maximum atomic E-state index is 11.8. The van der Waals surface area contributed by atoms with Crippen molar-refractivity contribution in [2.75, 3.05) is 33.4 Å². The van der Waals surface area contributed by atoms with Crippen molar-refractivity contribution in [2.45, 2.75) is 37.8 Å². The highest BCUT2D eigenvalue weighted by Gasteiger charge is 2.36. The Morgan fingerprint density at radius 3 is 3.16 bits per heavy atom. The lowest BCUT2D eigenvalue weighted by Crippen LogP contribution is -2.46. The van der Waals surface area contributed by atoms with E-state index in [0.717, 1.165) is 25.8 Å². The SMILES string of the molecule is COCCNC(=O)CN1CC[C@H]2NC(=O)CCC[C@H]21. The summed E-state index contributed by atoms with van der Waals surface area (Å²) in [5.41, 5.74) is 0. The topological polar surface area (TPSA) is 70.7 Å². The molecule has 0 aliphatic carbocycles. The Bertz CT molecular complexity index is 335. The number of carbonyl (C=O) groups is 2. The molecule has 2 atom stereocenters. The van der Waals surface area contributed by atoms with Crippen molar-refractivity contribution in [1.82, 2.24) is 15.5 Å². The quantitative estimate of drug-likeness (QED) is 0.660. The first kappa shape index (κ1) is 14.3. The van der Waals surface area contributed by atoms with E-state index in [4.69, 9.17) is 4.74 Å². The van der Waals surface area contributed by atoms with Gasteiger partial charge < -0.3 is 15.4 Å². The number of methoxy groups -OCH3 is 1. The highest BCUT2D eigenvalue weighted by molar-refractivity contribution is 5.78. The summed E-state index contributed by atoms with van der Waals surface area (Å²) in [7, 11) is 1.62. The monoisotopic (exact) mass is 269 g/mol. The third-order valence-electron chi connectivity index (χ3n) is 3.89. The van der Waals surface area contributed by atoms with Gasteiger partial charge >= 0.3 is 0 Å². The maximum Gasteiger partial charge on any atom is 0.234 e. The average molecular weight is 269 g/mol. The van der Waals surface area contributed by atoms with Gasteiger partial charge in [-0.3, -0.25) is 14.5 Å². The summed E-state index contributed by atoms with van der Waals surface area (Å²) >= 11 is 0. The third kappa shape index (κ3) is 3.91. The van der Waals surface area contributed by atoms with Crippen LogP contribution in [0.1, 0.15) is 25.7 Å². The van der Waals surface area contributed by atoms with Gasteiger partial charge in [0, 0.05) is 38.7 Å². The minimum Gasteiger partial charge on any atom is -0.383 e. The lowest BCUT2D eigenvalue weighted by atomic mass is 10.1. The van der Waals surface area contributed by atoms with E-state index >= 15 is 0 Å². The van der Waals surface area contributed by atoms with Crippen LogP contribution in [0, 0.1) is 0 Å². The van der Waals surface area contributed by atoms with Crippen molar-refractivity contribution in [3.05, 3.63) is 0 Å². The van der Waals surface area contributed by atoms with Gasteiger partial charge in [-0.2, -0.15) is 0 Å². The Labute approximate surface area is 113 Å². The van der Waals surface area contributed by atoms with E-state index in [2.05, 4.69) is 15.5 Å². The number of likely N-dealkylation sites (tertiary alicyclic amines) is 1. The Kier molecular flexibility index (Phi) is 5.15. The third-order valence-corrected chi connectivity index (χ3v) is 3.89. The Balaban J connectivity index is 1.81. The number of ether oxygens (including phenoxy) is 1. The molecular formula is C13H23N3O3. The lowest BCUT2D eigenvalue weighted by molar-refractivity contribution is -0.122. The van der Waals surface area contributed by atoms with Crippen LogP contribution in [-0.2, 0) is 14.3 Å². The first-order valence-corrected chi connectivity index (χ1v) is 6.99. The summed E-state index contributed by atoms with van der Waals surface area (Å²) in [6.07, 6.45) is 3.46. The average Bonchev–Trinajstić information content (AvgIpc) is 2.63. The van der Waals surface area contributed by atoms with E-state index in [9.17, 15) is 9.59 Å². The van der Waals surface area contributed by atoms with E-state index in [0.29, 0.717) is 32.2 Å². The molecule has 0 aromatic rings. The number of hydrogen-bond donors (Lipinski definition) is 2. The molecule has 0 aromatic carbocycles. The van der Waals surface area contributed by atoms with Gasteiger partial charge in [-0.15, -0.1) is 0 Å². The van der Waals surface area contributed by atoms with Crippen LogP contribution in [0.3, 0.4) is 0 Å². The molecule has 2 N–H and O–H groups in total. The number of hydrogen-bond acceptors (Lipinski definition) is 4. The van der Waals surface area contributed by atoms with Gasteiger partial charge in [0.2, 0.25) is 11.8 Å². The predicted molar refractivity (Wildman–Crippen MR) is 70.6 cm³/mol. The number of carbonyl (C=O) groups excluding carboxylic acids is 2. The summed E-state index contributed by atoms with van der Waals surface area (Å²) in [4.78, 5) is 25.5. The predicted octanol–water partition coefficient (Wildman–Crippen LogP) is -0.508. The molecular weight excluding hydrogens is 246 g/mol. The van der Waals surface area contributed by atoms with Gasteiger partial charge in [0.25, 0.3) is 0 Å². The molecule has 0 unspecified atom stereocenters. The minimum absolute atomic E-state index is 0.0354. The van der Waals surface area contributed by atoms with Crippen molar-refractivity contribution < 1.29 is 14.3 Å². The van der Waals surface area contributed by atoms with Gasteiger partial charge in [-0.05, 0) is 19.3 Å². The normalized spacial score (nSPS) is 27.5. The standard InChI is InChI=1S/C13H23N3O3/c1-19-8-6-14-13(18)9-16-7-5-10-11(16)3-2-4-12(17)15-10/h10-11H,2-9H2,1H3,(H,14,18)(H,15,17)/t10-,11-/m1/s1. The molecule has 2 rings (SSSR count). The van der Waals surface area contributed by atoms with Gasteiger partial charge in [0.05, 0.1) is 13.2 Å². The molecule has 2 aliphatic heterocycles. The summed E-state index contributed by atoms with van der Waals surface area (Å²) in [5.74, 6) is 0.187. The number of amides is 2. The Hall–Kier alpha value is -1.14. The molecule has 6 nitrogen and oxygen atoms in total. The molecule has 2 aliphatic rings. The van der Waals surface area contributed by atoms with Crippen molar-refractivity contribution in [3.8, 4) is 0 Å². The van der Waals surface area contributed by atoms with E-state index in [1.165, 1.54) is 0 Å². The zero-order chi connectivity index (χ0) is 13.7. The van der Waals surface area contributed by atoms with Crippen LogP contribution in [0.5, 0.6) is 0 Å². The molecule has 6 heteroatoms. The number of rotatable bonds is 5. The van der Waals surface area contributed by atoms with E-state index < -0.39 is 0 Å². The van der Waals surface area contributed by atoms with Crippen molar-refractivity contribution in [1.29, 1.82) is 0 Å². The van der Waals surface area contributed by atoms with E-state index in [1.807, 2.05) is 0 Å².